The molecule has 2 N–H and O–H groups in total. The van der Waals surface area contributed by atoms with E-state index in [4.69, 9.17) is 10.5 Å². The summed E-state index contributed by atoms with van der Waals surface area (Å²) in [5.74, 6) is -0.186. The van der Waals surface area contributed by atoms with Crippen molar-refractivity contribution in [2.75, 3.05) is 7.11 Å². The molecule has 0 spiro atoms. The Balaban J connectivity index is 2.57. The smallest absolute Gasteiger partial charge is 0.165 e. The molecule has 0 aliphatic rings. The van der Waals surface area contributed by atoms with E-state index in [1.807, 2.05) is 13.8 Å². The molecule has 0 saturated heterocycles. The van der Waals surface area contributed by atoms with Crippen molar-refractivity contribution >= 4 is 5.78 Å². The van der Waals surface area contributed by atoms with Gasteiger partial charge in [0.15, 0.2) is 11.6 Å². The van der Waals surface area contributed by atoms with Gasteiger partial charge in [-0.25, -0.2) is 4.39 Å². The van der Waals surface area contributed by atoms with Crippen LogP contribution >= 0.6 is 0 Å². The van der Waals surface area contributed by atoms with Crippen LogP contribution in [-0.2, 0) is 11.2 Å². The Bertz CT molecular complexity index is 424. The Labute approximate surface area is 107 Å². The molecule has 0 atom stereocenters. The third kappa shape index (κ3) is 4.84. The van der Waals surface area contributed by atoms with Crippen LogP contribution in [0.5, 0.6) is 5.75 Å². The van der Waals surface area contributed by atoms with Gasteiger partial charge in [-0.3, -0.25) is 4.79 Å². The van der Waals surface area contributed by atoms with Gasteiger partial charge < -0.3 is 10.5 Å². The van der Waals surface area contributed by atoms with E-state index in [1.165, 1.54) is 19.2 Å². The molecule has 0 heterocycles. The number of hydrogen-bond donors (Lipinski definition) is 1. The lowest BCUT2D eigenvalue weighted by Crippen LogP contribution is -2.32. The van der Waals surface area contributed by atoms with Crippen molar-refractivity contribution in [3.63, 3.8) is 0 Å². The van der Waals surface area contributed by atoms with Gasteiger partial charge in [-0.2, -0.15) is 0 Å². The average Bonchev–Trinajstić information content (AvgIpc) is 2.26. The summed E-state index contributed by atoms with van der Waals surface area (Å²) in [7, 11) is 1.41. The van der Waals surface area contributed by atoms with Crippen LogP contribution in [0, 0.1) is 5.82 Å². The number of ketones is 1. The number of Topliss-reactive ketones (excluding diaryl/α,β-unsaturated/α-hetero) is 1. The van der Waals surface area contributed by atoms with Crippen molar-refractivity contribution < 1.29 is 13.9 Å². The van der Waals surface area contributed by atoms with Crippen molar-refractivity contribution in [1.29, 1.82) is 0 Å². The van der Waals surface area contributed by atoms with Crippen LogP contribution in [0.2, 0.25) is 0 Å². The van der Waals surface area contributed by atoms with Crippen LogP contribution in [-0.4, -0.2) is 18.4 Å². The van der Waals surface area contributed by atoms with Gasteiger partial charge in [0, 0.05) is 18.4 Å². The average molecular weight is 253 g/mol. The van der Waals surface area contributed by atoms with Crippen LogP contribution in [0.4, 0.5) is 4.39 Å². The molecule has 1 aromatic rings. The predicted molar refractivity (Wildman–Crippen MR) is 69.2 cm³/mol. The third-order valence-corrected chi connectivity index (χ3v) is 2.67. The highest BCUT2D eigenvalue weighted by atomic mass is 19.1. The maximum Gasteiger partial charge on any atom is 0.165 e. The molecule has 100 valence electrons. The number of benzene rings is 1. The first kappa shape index (κ1) is 14.6. The van der Waals surface area contributed by atoms with E-state index in [0.717, 1.165) is 0 Å². The van der Waals surface area contributed by atoms with E-state index in [2.05, 4.69) is 0 Å². The lowest BCUT2D eigenvalue weighted by molar-refractivity contribution is -0.118. The van der Waals surface area contributed by atoms with E-state index in [0.29, 0.717) is 18.4 Å². The van der Waals surface area contributed by atoms with Crippen LogP contribution in [0.15, 0.2) is 18.2 Å². The van der Waals surface area contributed by atoms with Crippen molar-refractivity contribution in [3.8, 4) is 5.75 Å². The van der Waals surface area contributed by atoms with Crippen molar-refractivity contribution in [1.82, 2.24) is 0 Å². The standard InChI is InChI=1S/C14H20FNO2/c1-14(2,16)7-6-11(17)8-10-4-5-13(18-3)12(15)9-10/h4-5,9H,6-8,16H2,1-3H3. The van der Waals surface area contributed by atoms with Gasteiger partial charge in [0.05, 0.1) is 7.11 Å². The zero-order valence-electron chi connectivity index (χ0n) is 11.1. The number of carbonyl (C=O) groups excluding carboxylic acids is 1. The molecule has 1 aromatic carbocycles. The summed E-state index contributed by atoms with van der Waals surface area (Å²) in [5.41, 5.74) is 6.12. The fourth-order valence-corrected chi connectivity index (χ4v) is 1.60. The molecule has 0 fully saturated rings. The zero-order chi connectivity index (χ0) is 13.8. The van der Waals surface area contributed by atoms with Gasteiger partial charge in [-0.1, -0.05) is 6.07 Å². The van der Waals surface area contributed by atoms with E-state index >= 15 is 0 Å². The van der Waals surface area contributed by atoms with Crippen molar-refractivity contribution in [3.05, 3.63) is 29.6 Å². The molecule has 0 saturated carbocycles. The van der Waals surface area contributed by atoms with Crippen molar-refractivity contribution in [2.24, 2.45) is 5.73 Å². The fourth-order valence-electron chi connectivity index (χ4n) is 1.60. The molecule has 0 aromatic heterocycles. The molecule has 0 unspecified atom stereocenters. The molecule has 3 nitrogen and oxygen atoms in total. The largest absolute Gasteiger partial charge is 0.494 e. The van der Waals surface area contributed by atoms with E-state index < -0.39 is 5.82 Å². The Morgan fingerprint density at radius 1 is 1.44 bits per heavy atom. The summed E-state index contributed by atoms with van der Waals surface area (Å²) >= 11 is 0. The quantitative estimate of drug-likeness (QED) is 0.847. The minimum absolute atomic E-state index is 0.0677. The molecule has 4 heteroatoms. The Morgan fingerprint density at radius 2 is 2.11 bits per heavy atom. The second-order valence-corrected chi connectivity index (χ2v) is 5.17. The summed E-state index contributed by atoms with van der Waals surface area (Å²) in [6, 6.07) is 4.57. The highest BCUT2D eigenvalue weighted by Gasteiger charge is 2.14. The molecule has 0 radical (unpaired) electrons. The highest BCUT2D eigenvalue weighted by molar-refractivity contribution is 5.80. The molecule has 18 heavy (non-hydrogen) atoms. The second-order valence-electron chi connectivity index (χ2n) is 5.17. The summed E-state index contributed by atoms with van der Waals surface area (Å²) in [5, 5.41) is 0. The Hall–Kier alpha value is -1.42. The monoisotopic (exact) mass is 253 g/mol. The summed E-state index contributed by atoms with van der Waals surface area (Å²) in [4.78, 5) is 11.7. The predicted octanol–water partition coefficient (Wildman–Crippen LogP) is 2.46. The number of rotatable bonds is 6. The molecule has 0 aliphatic carbocycles. The first-order valence-electron chi connectivity index (χ1n) is 5.95. The summed E-state index contributed by atoms with van der Waals surface area (Å²) in [6.07, 6.45) is 1.28. The van der Waals surface area contributed by atoms with Gasteiger partial charge >= 0.3 is 0 Å². The first-order valence-corrected chi connectivity index (χ1v) is 5.95. The Kier molecular flexibility index (Phi) is 4.84. The minimum atomic E-state index is -0.443. The molecule has 0 amide bonds. The zero-order valence-corrected chi connectivity index (χ0v) is 11.1. The number of halogens is 1. The fraction of sp³-hybridized carbons (Fsp3) is 0.500. The normalized spacial score (nSPS) is 11.4. The van der Waals surface area contributed by atoms with E-state index in [1.54, 1.807) is 6.07 Å². The SMILES string of the molecule is COc1ccc(CC(=O)CCC(C)(C)N)cc1F. The molecular formula is C14H20FNO2. The maximum atomic E-state index is 13.4. The van der Waals surface area contributed by atoms with E-state index in [9.17, 15) is 9.18 Å². The van der Waals surface area contributed by atoms with Gasteiger partial charge in [-0.05, 0) is 38.0 Å². The molecule has 0 aliphatic heterocycles. The Morgan fingerprint density at radius 3 is 2.61 bits per heavy atom. The molecule has 1 rings (SSSR count). The van der Waals surface area contributed by atoms with Gasteiger partial charge in [0.25, 0.3) is 0 Å². The number of ether oxygens (including phenoxy) is 1. The first-order chi connectivity index (χ1) is 8.31. The topological polar surface area (TPSA) is 52.3 Å². The second kappa shape index (κ2) is 5.96. The number of methoxy groups -OCH3 is 1. The summed E-state index contributed by atoms with van der Waals surface area (Å²) < 4.78 is 18.2. The van der Waals surface area contributed by atoms with Crippen LogP contribution in [0.3, 0.4) is 0 Å². The van der Waals surface area contributed by atoms with Crippen molar-refractivity contribution in [2.45, 2.75) is 38.6 Å². The lowest BCUT2D eigenvalue weighted by atomic mass is 9.96. The van der Waals surface area contributed by atoms with Crippen LogP contribution in [0.25, 0.3) is 0 Å². The van der Waals surface area contributed by atoms with Crippen LogP contribution < -0.4 is 10.5 Å². The van der Waals surface area contributed by atoms with Gasteiger partial charge in [0.1, 0.15) is 5.78 Å². The summed E-state index contributed by atoms with van der Waals surface area (Å²) in [6.45, 7) is 3.76. The van der Waals surface area contributed by atoms with Gasteiger partial charge in [0.2, 0.25) is 0 Å². The number of nitrogens with two attached hydrogens (primary N) is 1. The highest BCUT2D eigenvalue weighted by Crippen LogP contribution is 2.18. The maximum absolute atomic E-state index is 13.4. The lowest BCUT2D eigenvalue weighted by Gasteiger charge is -2.17. The van der Waals surface area contributed by atoms with Gasteiger partial charge in [-0.15, -0.1) is 0 Å². The number of hydrogen-bond acceptors (Lipinski definition) is 3. The minimum Gasteiger partial charge on any atom is -0.494 e. The molecule has 0 bridgehead atoms. The van der Waals surface area contributed by atoms with E-state index in [-0.39, 0.29) is 23.5 Å². The van der Waals surface area contributed by atoms with Crippen LogP contribution in [0.1, 0.15) is 32.3 Å². The number of carbonyl (C=O) groups is 1. The third-order valence-electron chi connectivity index (χ3n) is 2.67. The molecular weight excluding hydrogens is 233 g/mol.